The molecule has 0 atom stereocenters. The lowest BCUT2D eigenvalue weighted by Gasteiger charge is -2.15. The van der Waals surface area contributed by atoms with E-state index in [1.807, 2.05) is 0 Å². The zero-order valence-corrected chi connectivity index (χ0v) is 11.1. The molecule has 1 aliphatic rings. The van der Waals surface area contributed by atoms with Crippen molar-refractivity contribution in [3.8, 4) is 5.75 Å². The van der Waals surface area contributed by atoms with E-state index in [-0.39, 0.29) is 22.6 Å². The number of hydrogen-bond acceptors (Lipinski definition) is 4. The standard InChI is InChI=1S/C15H11FN2O3/c1-21-13-7-9(3-5-12(13)16)18-14(19)10-4-2-8(17)6-11(10)15(18)20/h2-7H,17H2,1H3. The third-order valence-electron chi connectivity index (χ3n) is 3.30. The number of nitrogens with two attached hydrogens (primary N) is 1. The maximum atomic E-state index is 13.4. The summed E-state index contributed by atoms with van der Waals surface area (Å²) < 4.78 is 18.3. The van der Waals surface area contributed by atoms with Gasteiger partial charge >= 0.3 is 0 Å². The van der Waals surface area contributed by atoms with Crippen molar-refractivity contribution in [3.63, 3.8) is 0 Å². The molecule has 5 nitrogen and oxygen atoms in total. The predicted molar refractivity (Wildman–Crippen MR) is 74.9 cm³/mol. The van der Waals surface area contributed by atoms with Crippen LogP contribution in [0, 0.1) is 5.82 Å². The van der Waals surface area contributed by atoms with Gasteiger partial charge in [-0.2, -0.15) is 0 Å². The van der Waals surface area contributed by atoms with Gasteiger partial charge in [-0.3, -0.25) is 9.59 Å². The first-order chi connectivity index (χ1) is 10.0. The quantitative estimate of drug-likeness (QED) is 0.678. The molecule has 2 aromatic rings. The van der Waals surface area contributed by atoms with Gasteiger partial charge in [0.2, 0.25) is 0 Å². The van der Waals surface area contributed by atoms with Gasteiger partial charge in [-0.25, -0.2) is 9.29 Å². The summed E-state index contributed by atoms with van der Waals surface area (Å²) in [5.41, 5.74) is 6.80. The number of fused-ring (bicyclic) bond motifs is 1. The molecule has 21 heavy (non-hydrogen) atoms. The van der Waals surface area contributed by atoms with Crippen molar-refractivity contribution < 1.29 is 18.7 Å². The number of ether oxygens (including phenoxy) is 1. The summed E-state index contributed by atoms with van der Waals surface area (Å²) in [6, 6.07) is 8.32. The van der Waals surface area contributed by atoms with Crippen LogP contribution in [0.3, 0.4) is 0 Å². The molecule has 0 spiro atoms. The van der Waals surface area contributed by atoms with Crippen LogP contribution in [0.25, 0.3) is 0 Å². The number of halogens is 1. The Morgan fingerprint density at radius 3 is 2.48 bits per heavy atom. The molecule has 0 aromatic heterocycles. The molecule has 1 heterocycles. The van der Waals surface area contributed by atoms with Crippen LogP contribution in [0.1, 0.15) is 20.7 Å². The van der Waals surface area contributed by atoms with Crippen molar-refractivity contribution in [2.24, 2.45) is 0 Å². The minimum atomic E-state index is -0.567. The van der Waals surface area contributed by atoms with E-state index in [1.165, 1.54) is 31.4 Å². The van der Waals surface area contributed by atoms with Crippen molar-refractivity contribution in [1.29, 1.82) is 0 Å². The molecule has 0 aliphatic carbocycles. The summed E-state index contributed by atoms with van der Waals surface area (Å²) in [4.78, 5) is 25.7. The number of rotatable bonds is 2. The highest BCUT2D eigenvalue weighted by Crippen LogP contribution is 2.32. The van der Waals surface area contributed by atoms with Gasteiger partial charge in [0.15, 0.2) is 11.6 Å². The van der Waals surface area contributed by atoms with Gasteiger partial charge in [-0.05, 0) is 30.3 Å². The molecule has 1 aliphatic heterocycles. The van der Waals surface area contributed by atoms with Crippen LogP contribution in [0.2, 0.25) is 0 Å². The first-order valence-electron chi connectivity index (χ1n) is 6.15. The smallest absolute Gasteiger partial charge is 0.266 e. The number of carbonyl (C=O) groups is 2. The Morgan fingerprint density at radius 1 is 1.05 bits per heavy atom. The Labute approximate surface area is 119 Å². The topological polar surface area (TPSA) is 72.6 Å². The molecule has 0 radical (unpaired) electrons. The number of carbonyl (C=O) groups excluding carboxylic acids is 2. The summed E-state index contributed by atoms with van der Waals surface area (Å²) in [6.45, 7) is 0. The van der Waals surface area contributed by atoms with Crippen molar-refractivity contribution in [2.45, 2.75) is 0 Å². The molecule has 6 heteroatoms. The number of nitrogen functional groups attached to an aromatic ring is 1. The second kappa shape index (κ2) is 4.59. The van der Waals surface area contributed by atoms with E-state index in [9.17, 15) is 14.0 Å². The SMILES string of the molecule is COc1cc(N2C(=O)c3ccc(N)cc3C2=O)ccc1F. The Kier molecular flexibility index (Phi) is 2.86. The van der Waals surface area contributed by atoms with Crippen molar-refractivity contribution in [1.82, 2.24) is 0 Å². The maximum Gasteiger partial charge on any atom is 0.266 e. The highest BCUT2D eigenvalue weighted by atomic mass is 19.1. The third-order valence-corrected chi connectivity index (χ3v) is 3.30. The molecule has 0 saturated heterocycles. The Balaban J connectivity index is 2.09. The summed E-state index contributed by atoms with van der Waals surface area (Å²) >= 11 is 0. The number of anilines is 2. The van der Waals surface area contributed by atoms with E-state index in [0.717, 1.165) is 11.0 Å². The molecule has 2 N–H and O–H groups in total. The number of imide groups is 1. The molecule has 0 saturated carbocycles. The zero-order valence-electron chi connectivity index (χ0n) is 11.1. The number of hydrogen-bond donors (Lipinski definition) is 1. The minimum absolute atomic E-state index is 0.0384. The van der Waals surface area contributed by atoms with E-state index in [2.05, 4.69) is 0 Å². The minimum Gasteiger partial charge on any atom is -0.494 e. The molecular formula is C15H11FN2O3. The van der Waals surface area contributed by atoms with E-state index in [0.29, 0.717) is 5.69 Å². The fourth-order valence-corrected chi connectivity index (χ4v) is 2.28. The zero-order chi connectivity index (χ0) is 15.1. The molecule has 3 rings (SSSR count). The Morgan fingerprint density at radius 2 is 1.76 bits per heavy atom. The first kappa shape index (κ1) is 13.1. The lowest BCUT2D eigenvalue weighted by Crippen LogP contribution is -2.29. The van der Waals surface area contributed by atoms with E-state index in [1.54, 1.807) is 6.07 Å². The predicted octanol–water partition coefficient (Wildman–Crippen LogP) is 2.22. The van der Waals surface area contributed by atoms with Crippen LogP contribution in [0.5, 0.6) is 5.75 Å². The molecule has 106 valence electrons. The Bertz CT molecular complexity index is 774. The molecule has 2 aromatic carbocycles. The highest BCUT2D eigenvalue weighted by Gasteiger charge is 2.37. The number of nitrogens with zero attached hydrogens (tertiary/aromatic N) is 1. The van der Waals surface area contributed by atoms with Crippen LogP contribution >= 0.6 is 0 Å². The van der Waals surface area contributed by atoms with Gasteiger partial charge in [-0.15, -0.1) is 0 Å². The number of benzene rings is 2. The summed E-state index contributed by atoms with van der Waals surface area (Å²) in [5, 5.41) is 0. The van der Waals surface area contributed by atoms with Crippen LogP contribution in [0.4, 0.5) is 15.8 Å². The average Bonchev–Trinajstić information content (AvgIpc) is 2.71. The third kappa shape index (κ3) is 1.92. The summed E-state index contributed by atoms with van der Waals surface area (Å²) in [7, 11) is 1.31. The molecular weight excluding hydrogens is 275 g/mol. The lowest BCUT2D eigenvalue weighted by molar-refractivity contribution is 0.0926. The van der Waals surface area contributed by atoms with Crippen molar-refractivity contribution in [2.75, 3.05) is 17.7 Å². The molecule has 0 fully saturated rings. The summed E-state index contributed by atoms with van der Waals surface area (Å²) in [6.07, 6.45) is 0. The van der Waals surface area contributed by atoms with Crippen LogP contribution in [-0.4, -0.2) is 18.9 Å². The molecule has 0 bridgehead atoms. The van der Waals surface area contributed by atoms with Gasteiger partial charge < -0.3 is 10.5 Å². The second-order valence-corrected chi connectivity index (χ2v) is 4.57. The second-order valence-electron chi connectivity index (χ2n) is 4.57. The largest absolute Gasteiger partial charge is 0.494 e. The lowest BCUT2D eigenvalue weighted by atomic mass is 10.1. The Hall–Kier alpha value is -2.89. The van der Waals surface area contributed by atoms with E-state index < -0.39 is 17.6 Å². The van der Waals surface area contributed by atoms with Gasteiger partial charge in [0, 0.05) is 11.8 Å². The average molecular weight is 286 g/mol. The van der Waals surface area contributed by atoms with Crippen LogP contribution in [0.15, 0.2) is 36.4 Å². The maximum absolute atomic E-state index is 13.4. The first-order valence-corrected chi connectivity index (χ1v) is 6.15. The fourth-order valence-electron chi connectivity index (χ4n) is 2.28. The van der Waals surface area contributed by atoms with Gasteiger partial charge in [0.25, 0.3) is 11.8 Å². The molecule has 2 amide bonds. The highest BCUT2D eigenvalue weighted by molar-refractivity contribution is 6.34. The van der Waals surface area contributed by atoms with Crippen LogP contribution in [-0.2, 0) is 0 Å². The van der Waals surface area contributed by atoms with Crippen molar-refractivity contribution >= 4 is 23.2 Å². The van der Waals surface area contributed by atoms with Gasteiger partial charge in [0.1, 0.15) is 0 Å². The van der Waals surface area contributed by atoms with Gasteiger partial charge in [-0.1, -0.05) is 0 Å². The van der Waals surface area contributed by atoms with Gasteiger partial charge in [0.05, 0.1) is 23.9 Å². The molecule has 0 unspecified atom stereocenters. The number of methoxy groups -OCH3 is 1. The van der Waals surface area contributed by atoms with E-state index in [4.69, 9.17) is 10.5 Å². The fraction of sp³-hybridized carbons (Fsp3) is 0.0667. The monoisotopic (exact) mass is 286 g/mol. The number of amides is 2. The van der Waals surface area contributed by atoms with Crippen LogP contribution < -0.4 is 15.4 Å². The van der Waals surface area contributed by atoms with Crippen molar-refractivity contribution in [3.05, 3.63) is 53.3 Å². The normalized spacial score (nSPS) is 13.5. The van der Waals surface area contributed by atoms with E-state index >= 15 is 0 Å². The summed E-state index contributed by atoms with van der Waals surface area (Å²) in [5.74, 6) is -1.56.